The van der Waals surface area contributed by atoms with E-state index in [9.17, 15) is 9.59 Å². The van der Waals surface area contributed by atoms with Crippen LogP contribution in [0.5, 0.6) is 0 Å². The molecule has 1 aromatic heterocycles. The van der Waals surface area contributed by atoms with Gasteiger partial charge >= 0.3 is 5.97 Å². The molecule has 5 nitrogen and oxygen atoms in total. The average Bonchev–Trinajstić information content (AvgIpc) is 2.38. The van der Waals surface area contributed by atoms with Gasteiger partial charge in [0.2, 0.25) is 0 Å². The first-order valence-corrected chi connectivity index (χ1v) is 7.79. The molecule has 18 heavy (non-hydrogen) atoms. The van der Waals surface area contributed by atoms with Gasteiger partial charge in [-0.05, 0) is 6.42 Å². The van der Waals surface area contributed by atoms with E-state index in [1.807, 2.05) is 11.8 Å². The van der Waals surface area contributed by atoms with Gasteiger partial charge in [0.25, 0.3) is 5.56 Å². The number of nitrogens with one attached hydrogen (secondary N) is 1. The monoisotopic (exact) mass is 286 g/mol. The fourth-order valence-electron chi connectivity index (χ4n) is 1.86. The molecule has 0 saturated carbocycles. The minimum absolute atomic E-state index is 0.143. The molecule has 1 aromatic rings. The van der Waals surface area contributed by atoms with Gasteiger partial charge in [0.1, 0.15) is 11.4 Å². The zero-order valence-electron chi connectivity index (χ0n) is 9.88. The highest BCUT2D eigenvalue weighted by Gasteiger charge is 2.28. The smallest absolute Gasteiger partial charge is 0.342 e. The van der Waals surface area contributed by atoms with Crippen LogP contribution in [0.3, 0.4) is 0 Å². The number of hydrogen-bond donors (Lipinski definition) is 2. The number of hydrogen-bond acceptors (Lipinski definition) is 5. The van der Waals surface area contributed by atoms with Crippen LogP contribution in [0.2, 0.25) is 0 Å². The summed E-state index contributed by atoms with van der Waals surface area (Å²) in [5, 5.41) is 9.36. The van der Waals surface area contributed by atoms with E-state index < -0.39 is 11.5 Å². The van der Waals surface area contributed by atoms with Crippen LogP contribution < -0.4 is 5.56 Å². The third kappa shape index (κ3) is 2.72. The van der Waals surface area contributed by atoms with Gasteiger partial charge in [0, 0.05) is 23.0 Å². The normalized spacial score (nSPS) is 23.8. The van der Waals surface area contributed by atoms with Crippen LogP contribution in [0.1, 0.15) is 34.8 Å². The van der Waals surface area contributed by atoms with Crippen molar-refractivity contribution in [3.05, 3.63) is 27.9 Å². The fourth-order valence-corrected chi connectivity index (χ4v) is 4.88. The number of rotatable bonds is 3. The van der Waals surface area contributed by atoms with Crippen molar-refractivity contribution in [2.45, 2.75) is 23.8 Å². The number of carboxylic acids is 1. The predicted octanol–water partition coefficient (Wildman–Crippen LogP) is 1.77. The Morgan fingerprint density at radius 1 is 1.56 bits per heavy atom. The van der Waals surface area contributed by atoms with Crippen LogP contribution in [-0.2, 0) is 0 Å². The van der Waals surface area contributed by atoms with Crippen molar-refractivity contribution in [1.29, 1.82) is 0 Å². The van der Waals surface area contributed by atoms with E-state index in [4.69, 9.17) is 5.11 Å². The second kappa shape index (κ2) is 5.79. The molecule has 1 aliphatic rings. The molecule has 2 rings (SSSR count). The summed E-state index contributed by atoms with van der Waals surface area (Å²) in [6, 6.07) is 0. The van der Waals surface area contributed by atoms with Gasteiger partial charge in [-0.2, -0.15) is 11.8 Å². The molecule has 0 amide bonds. The first-order chi connectivity index (χ1) is 8.63. The van der Waals surface area contributed by atoms with Crippen LogP contribution in [0, 0.1) is 0 Å². The summed E-state index contributed by atoms with van der Waals surface area (Å²) in [6.45, 7) is 2.11. The molecule has 0 aliphatic carbocycles. The zero-order chi connectivity index (χ0) is 13.1. The summed E-state index contributed by atoms with van der Waals surface area (Å²) < 4.78 is 0. The number of carboxylic acid groups (broad SMARTS) is 1. The molecular formula is C11H14N2O3S2. The van der Waals surface area contributed by atoms with Crippen molar-refractivity contribution < 1.29 is 9.90 Å². The molecule has 2 atom stereocenters. The van der Waals surface area contributed by atoms with Crippen molar-refractivity contribution in [2.75, 3.05) is 11.5 Å². The zero-order valence-corrected chi connectivity index (χ0v) is 11.5. The third-order valence-electron chi connectivity index (χ3n) is 2.77. The Morgan fingerprint density at radius 3 is 2.89 bits per heavy atom. The summed E-state index contributed by atoms with van der Waals surface area (Å²) >= 11 is 3.65. The van der Waals surface area contributed by atoms with E-state index in [0.29, 0.717) is 11.1 Å². The van der Waals surface area contributed by atoms with Gasteiger partial charge in [0.15, 0.2) is 0 Å². The molecule has 0 radical (unpaired) electrons. The second-order valence-electron chi connectivity index (χ2n) is 3.93. The van der Waals surface area contributed by atoms with Gasteiger partial charge in [0.05, 0.1) is 5.25 Å². The maximum Gasteiger partial charge on any atom is 0.342 e. The molecule has 1 fully saturated rings. The molecular weight excluding hydrogens is 272 g/mol. The SMILES string of the molecule is CCC1SCCSC1c1ncc(C(=O)O)c(=O)[nH]1. The van der Waals surface area contributed by atoms with Gasteiger partial charge < -0.3 is 10.1 Å². The molecule has 98 valence electrons. The van der Waals surface area contributed by atoms with E-state index in [-0.39, 0.29) is 10.8 Å². The van der Waals surface area contributed by atoms with E-state index in [2.05, 4.69) is 16.9 Å². The summed E-state index contributed by atoms with van der Waals surface area (Å²) in [5.41, 5.74) is -0.876. The van der Waals surface area contributed by atoms with Crippen LogP contribution in [-0.4, -0.2) is 37.8 Å². The van der Waals surface area contributed by atoms with E-state index in [1.165, 1.54) is 0 Å². The Labute approximate surface area is 113 Å². The molecule has 7 heteroatoms. The number of aromatic carboxylic acids is 1. The van der Waals surface area contributed by atoms with Crippen LogP contribution in [0.15, 0.2) is 11.0 Å². The standard InChI is InChI=1S/C11H14N2O3S2/c1-2-7-8(18-4-3-17-7)9-12-5-6(11(15)16)10(14)13-9/h5,7-8H,2-4H2,1H3,(H,15,16)(H,12,13,14). The fraction of sp³-hybridized carbons (Fsp3) is 0.545. The number of carbonyl (C=O) groups is 1. The van der Waals surface area contributed by atoms with Crippen LogP contribution in [0.4, 0.5) is 0 Å². The quantitative estimate of drug-likeness (QED) is 0.881. The van der Waals surface area contributed by atoms with Crippen molar-refractivity contribution in [1.82, 2.24) is 9.97 Å². The predicted molar refractivity (Wildman–Crippen MR) is 73.6 cm³/mol. The van der Waals surface area contributed by atoms with Gasteiger partial charge in [-0.15, -0.1) is 11.8 Å². The number of nitrogens with zero attached hydrogens (tertiary/aromatic N) is 1. The Bertz CT molecular complexity index is 503. The molecule has 2 N–H and O–H groups in total. The Hall–Kier alpha value is -0.950. The average molecular weight is 286 g/mol. The van der Waals surface area contributed by atoms with Gasteiger partial charge in [-0.25, -0.2) is 9.78 Å². The summed E-state index contributed by atoms with van der Waals surface area (Å²) in [6.07, 6.45) is 2.16. The second-order valence-corrected chi connectivity index (χ2v) is 6.52. The summed E-state index contributed by atoms with van der Waals surface area (Å²) in [4.78, 5) is 29.1. The number of thioether (sulfide) groups is 2. The lowest BCUT2D eigenvalue weighted by atomic mass is 10.2. The minimum Gasteiger partial charge on any atom is -0.477 e. The van der Waals surface area contributed by atoms with Crippen molar-refractivity contribution in [3.8, 4) is 0 Å². The van der Waals surface area contributed by atoms with Gasteiger partial charge in [-0.1, -0.05) is 6.92 Å². The van der Waals surface area contributed by atoms with E-state index >= 15 is 0 Å². The first kappa shape index (κ1) is 13.5. The maximum atomic E-state index is 11.6. The Kier molecular flexibility index (Phi) is 4.34. The van der Waals surface area contributed by atoms with Gasteiger partial charge in [-0.3, -0.25) is 4.79 Å². The largest absolute Gasteiger partial charge is 0.477 e. The lowest BCUT2D eigenvalue weighted by Gasteiger charge is -2.28. The first-order valence-electron chi connectivity index (χ1n) is 5.69. The lowest BCUT2D eigenvalue weighted by molar-refractivity contribution is 0.0694. The minimum atomic E-state index is -1.24. The third-order valence-corrected chi connectivity index (χ3v) is 6.03. The molecule has 2 unspecified atom stereocenters. The Morgan fingerprint density at radius 2 is 2.28 bits per heavy atom. The maximum absolute atomic E-state index is 11.6. The highest BCUT2D eigenvalue weighted by molar-refractivity contribution is 8.06. The molecule has 0 spiro atoms. The number of aromatic amines is 1. The highest BCUT2D eigenvalue weighted by atomic mass is 32.2. The Balaban J connectivity index is 2.30. The highest BCUT2D eigenvalue weighted by Crippen LogP contribution is 2.42. The van der Waals surface area contributed by atoms with E-state index in [1.54, 1.807) is 11.8 Å². The molecule has 1 aliphatic heterocycles. The van der Waals surface area contributed by atoms with E-state index in [0.717, 1.165) is 24.1 Å². The van der Waals surface area contributed by atoms with Crippen molar-refractivity contribution >= 4 is 29.5 Å². The lowest BCUT2D eigenvalue weighted by Crippen LogP contribution is -2.25. The summed E-state index contributed by atoms with van der Waals surface area (Å²) in [5.74, 6) is 1.48. The van der Waals surface area contributed by atoms with Crippen LogP contribution in [0.25, 0.3) is 0 Å². The van der Waals surface area contributed by atoms with Crippen molar-refractivity contribution in [3.63, 3.8) is 0 Å². The molecule has 0 bridgehead atoms. The topological polar surface area (TPSA) is 83.0 Å². The van der Waals surface area contributed by atoms with Crippen LogP contribution >= 0.6 is 23.5 Å². The summed E-state index contributed by atoms with van der Waals surface area (Å²) in [7, 11) is 0. The molecule has 1 saturated heterocycles. The number of aromatic nitrogens is 2. The molecule has 0 aromatic carbocycles. The number of H-pyrrole nitrogens is 1. The van der Waals surface area contributed by atoms with Crippen molar-refractivity contribution in [2.24, 2.45) is 0 Å². The molecule has 2 heterocycles.